The van der Waals surface area contributed by atoms with Crippen LogP contribution in [-0.4, -0.2) is 33.2 Å². The molecule has 16 heavy (non-hydrogen) atoms. The highest BCUT2D eigenvalue weighted by molar-refractivity contribution is 5.90. The minimum atomic E-state index is -0.204. The first-order valence-corrected chi connectivity index (χ1v) is 5.60. The van der Waals surface area contributed by atoms with Crippen molar-refractivity contribution < 1.29 is 4.79 Å². The smallest absolute Gasteiger partial charge is 0.291 e. The van der Waals surface area contributed by atoms with Crippen molar-refractivity contribution in [3.05, 3.63) is 11.6 Å². The molecule has 0 radical (unpaired) electrons. The summed E-state index contributed by atoms with van der Waals surface area (Å²) in [6.45, 7) is 1.77. The Labute approximate surface area is 94.0 Å². The van der Waals surface area contributed by atoms with Crippen molar-refractivity contribution in [3.8, 4) is 0 Å². The summed E-state index contributed by atoms with van der Waals surface area (Å²) >= 11 is 0. The molecule has 1 aromatic rings. The zero-order chi connectivity index (χ0) is 11.5. The summed E-state index contributed by atoms with van der Waals surface area (Å²) in [5.41, 5.74) is 5.80. The molecule has 88 valence electrons. The monoisotopic (exact) mass is 223 g/mol. The Balaban J connectivity index is 1.88. The number of hydrogen-bond donors (Lipinski definition) is 3. The molecule has 0 bridgehead atoms. The molecule has 0 aliphatic heterocycles. The van der Waals surface area contributed by atoms with Crippen LogP contribution < -0.4 is 11.1 Å². The molecular formula is C10H17N5O. The lowest BCUT2D eigenvalue weighted by Gasteiger charge is -2.26. The van der Waals surface area contributed by atoms with E-state index >= 15 is 0 Å². The highest BCUT2D eigenvalue weighted by atomic mass is 16.2. The van der Waals surface area contributed by atoms with Crippen LogP contribution >= 0.6 is 0 Å². The fourth-order valence-electron chi connectivity index (χ4n) is 1.96. The van der Waals surface area contributed by atoms with Gasteiger partial charge in [-0.15, -0.1) is 5.10 Å². The van der Waals surface area contributed by atoms with Gasteiger partial charge in [-0.3, -0.25) is 9.89 Å². The molecule has 0 spiro atoms. The molecule has 0 saturated heterocycles. The highest BCUT2D eigenvalue weighted by Crippen LogP contribution is 2.17. The van der Waals surface area contributed by atoms with Crippen molar-refractivity contribution in [2.75, 3.05) is 0 Å². The number of amides is 1. The number of hydrogen-bond acceptors (Lipinski definition) is 4. The molecule has 6 nitrogen and oxygen atoms in total. The molecule has 0 atom stereocenters. The molecule has 4 N–H and O–H groups in total. The molecule has 1 aromatic heterocycles. The minimum absolute atomic E-state index is 0.204. The van der Waals surface area contributed by atoms with E-state index in [0.717, 1.165) is 25.7 Å². The molecule has 1 aliphatic rings. The molecule has 2 rings (SSSR count). The summed E-state index contributed by atoms with van der Waals surface area (Å²) in [6, 6.07) is 0.505. The molecule has 1 heterocycles. The fourth-order valence-corrected chi connectivity index (χ4v) is 1.96. The summed E-state index contributed by atoms with van der Waals surface area (Å²) in [5.74, 6) is 0.660. The van der Waals surface area contributed by atoms with Crippen molar-refractivity contribution in [1.82, 2.24) is 20.5 Å². The van der Waals surface area contributed by atoms with Gasteiger partial charge in [0.2, 0.25) is 5.82 Å². The fraction of sp³-hybridized carbons (Fsp3) is 0.700. The van der Waals surface area contributed by atoms with Gasteiger partial charge in [-0.05, 0) is 32.6 Å². The Bertz CT molecular complexity index is 367. The summed E-state index contributed by atoms with van der Waals surface area (Å²) in [7, 11) is 0. The van der Waals surface area contributed by atoms with Crippen LogP contribution in [0, 0.1) is 6.92 Å². The normalized spacial score (nSPS) is 25.4. The molecule has 0 aromatic carbocycles. The summed E-state index contributed by atoms with van der Waals surface area (Å²) < 4.78 is 0. The molecule has 6 heteroatoms. The predicted octanol–water partition coefficient (Wildman–Crippen LogP) is 0.113. The van der Waals surface area contributed by atoms with Crippen LogP contribution in [0.25, 0.3) is 0 Å². The zero-order valence-electron chi connectivity index (χ0n) is 9.36. The van der Waals surface area contributed by atoms with Crippen LogP contribution in [0.5, 0.6) is 0 Å². The first kappa shape index (κ1) is 11.1. The lowest BCUT2D eigenvalue weighted by molar-refractivity contribution is 0.0915. The Hall–Kier alpha value is -1.43. The van der Waals surface area contributed by atoms with E-state index in [2.05, 4.69) is 20.5 Å². The number of carbonyl (C=O) groups is 1. The Morgan fingerprint density at radius 3 is 2.69 bits per heavy atom. The van der Waals surface area contributed by atoms with E-state index in [1.165, 1.54) is 0 Å². The molecule has 1 aliphatic carbocycles. The largest absolute Gasteiger partial charge is 0.347 e. The lowest BCUT2D eigenvalue weighted by atomic mass is 9.92. The molecule has 0 unspecified atom stereocenters. The first-order chi connectivity index (χ1) is 7.65. The van der Waals surface area contributed by atoms with Crippen LogP contribution in [0.2, 0.25) is 0 Å². The second-order valence-corrected chi connectivity index (χ2v) is 4.33. The van der Waals surface area contributed by atoms with E-state index in [1.807, 2.05) is 0 Å². The number of aromatic amines is 1. The third kappa shape index (κ3) is 2.57. The van der Waals surface area contributed by atoms with Crippen molar-refractivity contribution in [2.24, 2.45) is 5.73 Å². The maximum atomic E-state index is 11.7. The molecule has 1 saturated carbocycles. The molecule has 1 amide bonds. The van der Waals surface area contributed by atoms with Gasteiger partial charge in [-0.2, -0.15) is 0 Å². The summed E-state index contributed by atoms with van der Waals surface area (Å²) in [6.07, 6.45) is 3.82. The van der Waals surface area contributed by atoms with Crippen LogP contribution in [0.4, 0.5) is 0 Å². The number of nitrogens with two attached hydrogens (primary N) is 1. The molecular weight excluding hydrogens is 206 g/mol. The topological polar surface area (TPSA) is 96.7 Å². The number of H-pyrrole nitrogens is 1. The number of nitrogens with zero attached hydrogens (tertiary/aromatic N) is 2. The van der Waals surface area contributed by atoms with Gasteiger partial charge < -0.3 is 11.1 Å². The number of carbonyl (C=O) groups excluding carboxylic acids is 1. The van der Waals surface area contributed by atoms with Gasteiger partial charge in [0.1, 0.15) is 5.82 Å². The van der Waals surface area contributed by atoms with Crippen molar-refractivity contribution in [3.63, 3.8) is 0 Å². The third-order valence-corrected chi connectivity index (χ3v) is 2.91. The van der Waals surface area contributed by atoms with Gasteiger partial charge >= 0.3 is 0 Å². The van der Waals surface area contributed by atoms with Crippen LogP contribution in [0.15, 0.2) is 0 Å². The standard InChI is InChI=1S/C10H17N5O/c1-6-12-9(15-14-6)10(16)13-8-4-2-7(11)3-5-8/h7-8H,2-5,11H2,1H3,(H,13,16)(H,12,14,15). The Morgan fingerprint density at radius 2 is 2.12 bits per heavy atom. The van der Waals surface area contributed by atoms with Crippen molar-refractivity contribution in [1.29, 1.82) is 0 Å². The second kappa shape index (κ2) is 4.61. The van der Waals surface area contributed by atoms with Gasteiger partial charge in [0, 0.05) is 12.1 Å². The van der Waals surface area contributed by atoms with E-state index < -0.39 is 0 Å². The maximum Gasteiger partial charge on any atom is 0.291 e. The zero-order valence-corrected chi connectivity index (χ0v) is 9.36. The number of aryl methyl sites for hydroxylation is 1. The summed E-state index contributed by atoms with van der Waals surface area (Å²) in [5, 5.41) is 9.40. The Kier molecular flexibility index (Phi) is 3.19. The number of aromatic nitrogens is 3. The molecule has 1 fully saturated rings. The van der Waals surface area contributed by atoms with Crippen LogP contribution in [0.1, 0.15) is 42.1 Å². The van der Waals surface area contributed by atoms with E-state index in [4.69, 9.17) is 5.73 Å². The van der Waals surface area contributed by atoms with Gasteiger partial charge in [0.25, 0.3) is 5.91 Å². The van der Waals surface area contributed by atoms with E-state index in [0.29, 0.717) is 11.9 Å². The lowest BCUT2D eigenvalue weighted by Crippen LogP contribution is -2.40. The summed E-state index contributed by atoms with van der Waals surface area (Å²) in [4.78, 5) is 15.7. The van der Waals surface area contributed by atoms with Gasteiger partial charge in [0.15, 0.2) is 0 Å². The van der Waals surface area contributed by atoms with Gasteiger partial charge in [0.05, 0.1) is 0 Å². The predicted molar refractivity (Wildman–Crippen MR) is 58.8 cm³/mol. The Morgan fingerprint density at radius 1 is 1.44 bits per heavy atom. The van der Waals surface area contributed by atoms with Crippen molar-refractivity contribution >= 4 is 5.91 Å². The highest BCUT2D eigenvalue weighted by Gasteiger charge is 2.21. The average Bonchev–Trinajstić information content (AvgIpc) is 2.68. The van der Waals surface area contributed by atoms with Gasteiger partial charge in [-0.1, -0.05) is 0 Å². The van der Waals surface area contributed by atoms with E-state index in [1.54, 1.807) is 6.92 Å². The maximum absolute atomic E-state index is 11.7. The van der Waals surface area contributed by atoms with Crippen molar-refractivity contribution in [2.45, 2.75) is 44.7 Å². The van der Waals surface area contributed by atoms with Crippen LogP contribution in [0.3, 0.4) is 0 Å². The first-order valence-electron chi connectivity index (χ1n) is 5.60. The quantitative estimate of drug-likeness (QED) is 0.663. The number of rotatable bonds is 2. The second-order valence-electron chi connectivity index (χ2n) is 4.33. The number of nitrogens with one attached hydrogen (secondary N) is 2. The van der Waals surface area contributed by atoms with E-state index in [-0.39, 0.29) is 17.8 Å². The minimum Gasteiger partial charge on any atom is -0.347 e. The van der Waals surface area contributed by atoms with Gasteiger partial charge in [-0.25, -0.2) is 4.98 Å². The third-order valence-electron chi connectivity index (χ3n) is 2.91. The SMILES string of the molecule is Cc1nc(C(=O)NC2CCC(N)CC2)n[nH]1. The van der Waals surface area contributed by atoms with Crippen LogP contribution in [-0.2, 0) is 0 Å². The average molecular weight is 223 g/mol. The van der Waals surface area contributed by atoms with E-state index in [9.17, 15) is 4.79 Å².